The van der Waals surface area contributed by atoms with Crippen LogP contribution in [0.25, 0.3) is 0 Å². The van der Waals surface area contributed by atoms with Crippen LogP contribution in [0.1, 0.15) is 18.6 Å². The molecule has 1 amide bonds. The van der Waals surface area contributed by atoms with Gasteiger partial charge in [0.25, 0.3) is 0 Å². The van der Waals surface area contributed by atoms with E-state index < -0.39 is 0 Å². The largest absolute Gasteiger partial charge is 0.469 e. The van der Waals surface area contributed by atoms with E-state index in [1.54, 1.807) is 13.4 Å². The molecule has 156 valence electrons. The minimum absolute atomic E-state index is 0.0628. The van der Waals surface area contributed by atoms with E-state index in [0.29, 0.717) is 13.2 Å². The van der Waals surface area contributed by atoms with E-state index in [1.807, 2.05) is 17.0 Å². The molecule has 3 heterocycles. The van der Waals surface area contributed by atoms with Gasteiger partial charge in [0.1, 0.15) is 5.76 Å². The summed E-state index contributed by atoms with van der Waals surface area (Å²) in [6.07, 6.45) is 4.60. The molecule has 0 saturated carbocycles. The molecule has 0 spiro atoms. The zero-order valence-corrected chi connectivity index (χ0v) is 17.1. The van der Waals surface area contributed by atoms with Crippen LogP contribution in [0.2, 0.25) is 0 Å². The van der Waals surface area contributed by atoms with Gasteiger partial charge in [-0.2, -0.15) is 0 Å². The molecule has 1 unspecified atom stereocenters. The zero-order valence-electron chi connectivity index (χ0n) is 17.1. The van der Waals surface area contributed by atoms with Gasteiger partial charge in [0.15, 0.2) is 5.96 Å². The zero-order chi connectivity index (χ0) is 19.8. The number of carbonyl (C=O) groups is 1. The summed E-state index contributed by atoms with van der Waals surface area (Å²) in [5.41, 5.74) is 0. The molecule has 2 fully saturated rings. The van der Waals surface area contributed by atoms with Gasteiger partial charge in [0.05, 0.1) is 25.5 Å². The van der Waals surface area contributed by atoms with E-state index in [9.17, 15) is 4.79 Å². The van der Waals surface area contributed by atoms with Crippen LogP contribution < -0.4 is 5.32 Å². The fraction of sp³-hybridized carbons (Fsp3) is 0.700. The Morgan fingerprint density at radius 3 is 2.71 bits per heavy atom. The minimum Gasteiger partial charge on any atom is -0.469 e. The van der Waals surface area contributed by atoms with E-state index in [4.69, 9.17) is 9.15 Å². The summed E-state index contributed by atoms with van der Waals surface area (Å²) in [7, 11) is 3.74. The highest BCUT2D eigenvalue weighted by Crippen LogP contribution is 2.18. The lowest BCUT2D eigenvalue weighted by Gasteiger charge is -2.38. The van der Waals surface area contributed by atoms with E-state index in [2.05, 4.69) is 27.2 Å². The molecule has 8 heteroatoms. The Morgan fingerprint density at radius 1 is 1.29 bits per heavy atom. The quantitative estimate of drug-likeness (QED) is 0.418. The van der Waals surface area contributed by atoms with Gasteiger partial charge in [-0.3, -0.25) is 14.7 Å². The van der Waals surface area contributed by atoms with E-state index >= 15 is 0 Å². The lowest BCUT2D eigenvalue weighted by molar-refractivity contribution is -0.136. The summed E-state index contributed by atoms with van der Waals surface area (Å²) in [5.74, 6) is 2.12. The van der Waals surface area contributed by atoms with E-state index in [0.717, 1.165) is 70.3 Å². The Bertz CT molecular complexity index is 626. The number of rotatable bonds is 7. The monoisotopic (exact) mass is 391 g/mol. The number of guanidine groups is 1. The van der Waals surface area contributed by atoms with E-state index in [-0.39, 0.29) is 11.9 Å². The highest BCUT2D eigenvalue weighted by atomic mass is 16.5. The van der Waals surface area contributed by atoms with Crippen molar-refractivity contribution < 1.29 is 13.9 Å². The second-order valence-corrected chi connectivity index (χ2v) is 7.41. The molecule has 1 aromatic heterocycles. The van der Waals surface area contributed by atoms with Gasteiger partial charge in [-0.05, 0) is 38.6 Å². The van der Waals surface area contributed by atoms with Crippen LogP contribution in [0.4, 0.5) is 0 Å². The van der Waals surface area contributed by atoms with Crippen LogP contribution in [-0.4, -0.2) is 99.2 Å². The molecule has 28 heavy (non-hydrogen) atoms. The molecule has 1 atom stereocenters. The fourth-order valence-corrected chi connectivity index (χ4v) is 3.83. The summed E-state index contributed by atoms with van der Waals surface area (Å²) >= 11 is 0. The molecule has 1 N–H and O–H groups in total. The number of nitrogens with one attached hydrogen (secondary N) is 1. The van der Waals surface area contributed by atoms with E-state index in [1.165, 1.54) is 0 Å². The Labute approximate surface area is 167 Å². The number of carbonyl (C=O) groups excluding carboxylic acids is 1. The maximum absolute atomic E-state index is 12.8. The Kier molecular flexibility index (Phi) is 7.73. The van der Waals surface area contributed by atoms with Crippen molar-refractivity contribution in [2.24, 2.45) is 4.99 Å². The maximum atomic E-state index is 12.8. The first-order valence-corrected chi connectivity index (χ1v) is 10.2. The third-order valence-corrected chi connectivity index (χ3v) is 5.49. The van der Waals surface area contributed by atoms with Gasteiger partial charge >= 0.3 is 0 Å². The summed E-state index contributed by atoms with van der Waals surface area (Å²) in [6, 6.07) is 3.95. The predicted octanol–water partition coefficient (Wildman–Crippen LogP) is 0.653. The average Bonchev–Trinajstić information content (AvgIpc) is 3.38. The third kappa shape index (κ3) is 5.48. The number of furan rings is 1. The van der Waals surface area contributed by atoms with Gasteiger partial charge in [0, 0.05) is 46.3 Å². The van der Waals surface area contributed by atoms with Crippen molar-refractivity contribution in [2.75, 3.05) is 66.6 Å². The number of hydrogen-bond donors (Lipinski definition) is 1. The molecular weight excluding hydrogens is 358 g/mol. The second kappa shape index (κ2) is 10.5. The molecule has 0 aromatic carbocycles. The fourth-order valence-electron chi connectivity index (χ4n) is 3.83. The maximum Gasteiger partial charge on any atom is 0.240 e. The Hall–Kier alpha value is -2.06. The first-order valence-electron chi connectivity index (χ1n) is 10.2. The Morgan fingerprint density at radius 2 is 2.07 bits per heavy atom. The number of amides is 1. The smallest absolute Gasteiger partial charge is 0.240 e. The number of nitrogens with zero attached hydrogens (tertiary/aromatic N) is 4. The molecule has 8 nitrogen and oxygen atoms in total. The third-order valence-electron chi connectivity index (χ3n) is 5.49. The van der Waals surface area contributed by atoms with Crippen molar-refractivity contribution in [3.63, 3.8) is 0 Å². The molecule has 2 aliphatic heterocycles. The van der Waals surface area contributed by atoms with Crippen molar-refractivity contribution >= 4 is 11.9 Å². The molecule has 3 rings (SSSR count). The van der Waals surface area contributed by atoms with Crippen LogP contribution in [0, 0.1) is 0 Å². The SMILES string of the molecule is COCCN=C(NCCc1ccco1)N1CCN(C(=O)C2CCCN2C)CC1. The number of piperazine rings is 1. The van der Waals surface area contributed by atoms with Crippen LogP contribution in [0.5, 0.6) is 0 Å². The summed E-state index contributed by atoms with van der Waals surface area (Å²) in [4.78, 5) is 23.9. The molecule has 0 bridgehead atoms. The normalized spacial score (nSPS) is 21.4. The van der Waals surface area contributed by atoms with Crippen molar-refractivity contribution in [3.05, 3.63) is 24.2 Å². The highest BCUT2D eigenvalue weighted by molar-refractivity contribution is 5.83. The number of likely N-dealkylation sites (N-methyl/N-ethyl adjacent to an activating group) is 1. The molecule has 2 aliphatic rings. The first-order chi connectivity index (χ1) is 13.7. The van der Waals surface area contributed by atoms with Crippen LogP contribution in [0.3, 0.4) is 0 Å². The van der Waals surface area contributed by atoms with Crippen LogP contribution in [-0.2, 0) is 16.0 Å². The first kappa shape index (κ1) is 20.7. The number of hydrogen-bond acceptors (Lipinski definition) is 5. The number of methoxy groups -OCH3 is 1. The lowest BCUT2D eigenvalue weighted by Crippen LogP contribution is -2.56. The van der Waals surface area contributed by atoms with Crippen molar-refractivity contribution in [3.8, 4) is 0 Å². The van der Waals surface area contributed by atoms with Crippen molar-refractivity contribution in [1.29, 1.82) is 0 Å². The summed E-state index contributed by atoms with van der Waals surface area (Å²) in [6.45, 7) is 6.06. The molecular formula is C20H33N5O3. The van der Waals surface area contributed by atoms with Crippen molar-refractivity contribution in [1.82, 2.24) is 20.0 Å². The highest BCUT2D eigenvalue weighted by Gasteiger charge is 2.33. The molecule has 0 radical (unpaired) electrons. The second-order valence-electron chi connectivity index (χ2n) is 7.41. The molecule has 2 saturated heterocycles. The van der Waals surface area contributed by atoms with Gasteiger partial charge in [-0.15, -0.1) is 0 Å². The number of aliphatic imine (C=N–C) groups is 1. The van der Waals surface area contributed by atoms with Crippen LogP contribution >= 0.6 is 0 Å². The van der Waals surface area contributed by atoms with Gasteiger partial charge < -0.3 is 24.3 Å². The number of ether oxygens (including phenoxy) is 1. The minimum atomic E-state index is 0.0628. The lowest BCUT2D eigenvalue weighted by atomic mass is 10.1. The summed E-state index contributed by atoms with van der Waals surface area (Å²) < 4.78 is 10.5. The van der Waals surface area contributed by atoms with Gasteiger partial charge in [-0.1, -0.05) is 0 Å². The topological polar surface area (TPSA) is 73.5 Å². The van der Waals surface area contributed by atoms with Crippen molar-refractivity contribution in [2.45, 2.75) is 25.3 Å². The van der Waals surface area contributed by atoms with Gasteiger partial charge in [0.2, 0.25) is 5.91 Å². The Balaban J connectivity index is 1.51. The molecule has 1 aromatic rings. The average molecular weight is 392 g/mol. The van der Waals surface area contributed by atoms with Crippen LogP contribution in [0.15, 0.2) is 27.8 Å². The number of likely N-dealkylation sites (tertiary alicyclic amines) is 1. The molecule has 0 aliphatic carbocycles. The standard InChI is InChI=1S/C20H33N5O3/c1-23-10-3-6-18(23)19(26)24-11-13-25(14-12-24)20(22-9-16-27-2)21-8-7-17-5-4-15-28-17/h4-5,15,18H,3,6-14,16H2,1-2H3,(H,21,22). The predicted molar refractivity (Wildman–Crippen MR) is 108 cm³/mol. The van der Waals surface area contributed by atoms with Gasteiger partial charge in [-0.25, -0.2) is 0 Å². The summed E-state index contributed by atoms with van der Waals surface area (Å²) in [5, 5.41) is 3.44.